The van der Waals surface area contributed by atoms with E-state index < -0.39 is 12.6 Å². The van der Waals surface area contributed by atoms with E-state index in [2.05, 4.69) is 9.97 Å². The second-order valence-corrected chi connectivity index (χ2v) is 6.52. The van der Waals surface area contributed by atoms with Gasteiger partial charge in [0.1, 0.15) is 17.6 Å². The SMILES string of the molecule is O=C(c1ccc2cc(Oc3ccc(C(F)F)cn3)ccc2n1)N1CC[C@H](F)C1. The van der Waals surface area contributed by atoms with Gasteiger partial charge in [0.2, 0.25) is 5.88 Å². The van der Waals surface area contributed by atoms with E-state index in [1.54, 1.807) is 30.3 Å². The fourth-order valence-corrected chi connectivity index (χ4v) is 3.05. The Hall–Kier alpha value is -3.16. The molecule has 8 heteroatoms. The molecule has 0 radical (unpaired) electrons. The Morgan fingerprint density at radius 2 is 2.04 bits per heavy atom. The van der Waals surface area contributed by atoms with E-state index in [1.807, 2.05) is 0 Å². The second-order valence-electron chi connectivity index (χ2n) is 6.52. The predicted octanol–water partition coefficient (Wildman–Crippen LogP) is 4.54. The molecule has 1 aromatic carbocycles. The summed E-state index contributed by atoms with van der Waals surface area (Å²) in [6.07, 6.45) is -2.14. The molecule has 0 unspecified atom stereocenters. The molecule has 0 spiro atoms. The van der Waals surface area contributed by atoms with Gasteiger partial charge in [0, 0.05) is 29.8 Å². The summed E-state index contributed by atoms with van der Waals surface area (Å²) in [4.78, 5) is 22.1. The smallest absolute Gasteiger partial charge is 0.272 e. The monoisotopic (exact) mass is 387 g/mol. The minimum atomic E-state index is -2.58. The van der Waals surface area contributed by atoms with E-state index in [-0.39, 0.29) is 29.6 Å². The van der Waals surface area contributed by atoms with Gasteiger partial charge < -0.3 is 9.64 Å². The van der Waals surface area contributed by atoms with Crippen LogP contribution in [-0.4, -0.2) is 40.0 Å². The number of rotatable bonds is 4. The Morgan fingerprint density at radius 3 is 2.71 bits per heavy atom. The van der Waals surface area contributed by atoms with Crippen LogP contribution in [0.1, 0.15) is 28.9 Å². The summed E-state index contributed by atoms with van der Waals surface area (Å²) in [5.74, 6) is 0.370. The van der Waals surface area contributed by atoms with E-state index >= 15 is 0 Å². The van der Waals surface area contributed by atoms with Gasteiger partial charge in [0.25, 0.3) is 12.3 Å². The zero-order valence-corrected chi connectivity index (χ0v) is 14.7. The third kappa shape index (κ3) is 3.76. The zero-order chi connectivity index (χ0) is 19.7. The van der Waals surface area contributed by atoms with Crippen molar-refractivity contribution in [2.45, 2.75) is 19.0 Å². The Morgan fingerprint density at radius 1 is 1.18 bits per heavy atom. The molecule has 1 atom stereocenters. The lowest BCUT2D eigenvalue weighted by atomic mass is 10.2. The Labute approximate surface area is 158 Å². The molecule has 5 nitrogen and oxygen atoms in total. The van der Waals surface area contributed by atoms with E-state index in [4.69, 9.17) is 4.74 Å². The number of pyridine rings is 2. The van der Waals surface area contributed by atoms with Crippen LogP contribution in [0.25, 0.3) is 10.9 Å². The van der Waals surface area contributed by atoms with Crippen molar-refractivity contribution in [3.63, 3.8) is 0 Å². The molecule has 0 saturated carbocycles. The van der Waals surface area contributed by atoms with Crippen LogP contribution in [0.5, 0.6) is 11.6 Å². The lowest BCUT2D eigenvalue weighted by Crippen LogP contribution is -2.29. The van der Waals surface area contributed by atoms with Crippen molar-refractivity contribution in [1.82, 2.24) is 14.9 Å². The highest BCUT2D eigenvalue weighted by Crippen LogP contribution is 2.26. The number of ether oxygens (including phenoxy) is 1. The van der Waals surface area contributed by atoms with Crippen LogP contribution in [0.4, 0.5) is 13.2 Å². The molecule has 0 aliphatic carbocycles. The number of amides is 1. The molecule has 0 bridgehead atoms. The van der Waals surface area contributed by atoms with Gasteiger partial charge in [-0.1, -0.05) is 6.07 Å². The van der Waals surface area contributed by atoms with Crippen molar-refractivity contribution < 1.29 is 22.7 Å². The van der Waals surface area contributed by atoms with Crippen LogP contribution in [0, 0.1) is 0 Å². The molecule has 3 heterocycles. The van der Waals surface area contributed by atoms with E-state index in [1.165, 1.54) is 17.0 Å². The summed E-state index contributed by atoms with van der Waals surface area (Å²) in [5.41, 5.74) is 0.680. The van der Waals surface area contributed by atoms with Crippen molar-refractivity contribution in [2.75, 3.05) is 13.1 Å². The number of hydrogen-bond acceptors (Lipinski definition) is 4. The number of likely N-dealkylation sites (tertiary alicyclic amines) is 1. The molecule has 1 aliphatic rings. The molecule has 144 valence electrons. The van der Waals surface area contributed by atoms with Crippen molar-refractivity contribution in [3.05, 3.63) is 59.9 Å². The van der Waals surface area contributed by atoms with Gasteiger partial charge in [-0.2, -0.15) is 0 Å². The number of nitrogens with zero attached hydrogens (tertiary/aromatic N) is 3. The van der Waals surface area contributed by atoms with Crippen molar-refractivity contribution in [3.8, 4) is 11.6 Å². The summed E-state index contributed by atoms with van der Waals surface area (Å²) in [6.45, 7) is 0.493. The molecule has 1 amide bonds. The third-order valence-electron chi connectivity index (χ3n) is 4.53. The zero-order valence-electron chi connectivity index (χ0n) is 14.7. The standard InChI is InChI=1S/C20H16F3N3O2/c21-14-7-8-26(11-14)20(27)17-4-1-12-9-15(3-5-16(12)25-17)28-18-6-2-13(10-24-18)19(22)23/h1-6,9-10,14,19H,7-8,11H2/t14-/m0/s1. The Balaban J connectivity index is 1.52. The quantitative estimate of drug-likeness (QED) is 0.659. The highest BCUT2D eigenvalue weighted by Gasteiger charge is 2.27. The van der Waals surface area contributed by atoms with E-state index in [0.717, 1.165) is 11.6 Å². The van der Waals surface area contributed by atoms with Crippen molar-refractivity contribution in [2.24, 2.45) is 0 Å². The lowest BCUT2D eigenvalue weighted by molar-refractivity contribution is 0.0777. The van der Waals surface area contributed by atoms with Gasteiger partial charge in [-0.05, 0) is 36.8 Å². The summed E-state index contributed by atoms with van der Waals surface area (Å²) in [7, 11) is 0. The number of benzene rings is 1. The molecule has 4 rings (SSSR count). The minimum absolute atomic E-state index is 0.0999. The first kappa shape index (κ1) is 18.2. The van der Waals surface area contributed by atoms with E-state index in [0.29, 0.717) is 24.2 Å². The third-order valence-corrected chi connectivity index (χ3v) is 4.53. The van der Waals surface area contributed by atoms with Gasteiger partial charge in [0.05, 0.1) is 12.1 Å². The first-order valence-electron chi connectivity index (χ1n) is 8.76. The highest BCUT2D eigenvalue weighted by atomic mass is 19.3. The summed E-state index contributed by atoms with van der Waals surface area (Å²) in [6, 6.07) is 11.0. The van der Waals surface area contributed by atoms with Crippen LogP contribution in [0.15, 0.2) is 48.7 Å². The first-order chi connectivity index (χ1) is 13.5. The number of alkyl halides is 3. The maximum atomic E-state index is 13.3. The molecular formula is C20H16F3N3O2. The van der Waals surface area contributed by atoms with Crippen LogP contribution < -0.4 is 4.74 Å². The maximum Gasteiger partial charge on any atom is 0.272 e. The molecule has 28 heavy (non-hydrogen) atoms. The number of aromatic nitrogens is 2. The van der Waals surface area contributed by atoms with Crippen LogP contribution >= 0.6 is 0 Å². The number of halogens is 3. The van der Waals surface area contributed by atoms with Gasteiger partial charge in [-0.3, -0.25) is 4.79 Å². The summed E-state index contributed by atoms with van der Waals surface area (Å²) >= 11 is 0. The van der Waals surface area contributed by atoms with Gasteiger partial charge in [-0.25, -0.2) is 23.1 Å². The lowest BCUT2D eigenvalue weighted by Gasteiger charge is -2.14. The van der Waals surface area contributed by atoms with Crippen LogP contribution in [-0.2, 0) is 0 Å². The van der Waals surface area contributed by atoms with Crippen molar-refractivity contribution >= 4 is 16.8 Å². The number of carbonyl (C=O) groups excluding carboxylic acids is 1. The minimum Gasteiger partial charge on any atom is -0.439 e. The molecule has 3 aromatic rings. The highest BCUT2D eigenvalue weighted by molar-refractivity contribution is 5.95. The van der Waals surface area contributed by atoms with E-state index in [9.17, 15) is 18.0 Å². The molecule has 1 aliphatic heterocycles. The number of hydrogen-bond donors (Lipinski definition) is 0. The molecule has 0 N–H and O–H groups in total. The van der Waals surface area contributed by atoms with Crippen LogP contribution in [0.3, 0.4) is 0 Å². The fraction of sp³-hybridized carbons (Fsp3) is 0.250. The fourth-order valence-electron chi connectivity index (χ4n) is 3.05. The predicted molar refractivity (Wildman–Crippen MR) is 96.4 cm³/mol. The first-order valence-corrected chi connectivity index (χ1v) is 8.76. The number of fused-ring (bicyclic) bond motifs is 1. The summed E-state index contributed by atoms with van der Waals surface area (Å²) < 4.78 is 44.1. The van der Waals surface area contributed by atoms with Gasteiger partial charge in [0.15, 0.2) is 0 Å². The van der Waals surface area contributed by atoms with Crippen LogP contribution in [0.2, 0.25) is 0 Å². The molecular weight excluding hydrogens is 371 g/mol. The van der Waals surface area contributed by atoms with Gasteiger partial charge >= 0.3 is 0 Å². The Bertz CT molecular complexity index is 1010. The topological polar surface area (TPSA) is 55.3 Å². The maximum absolute atomic E-state index is 13.3. The van der Waals surface area contributed by atoms with Gasteiger partial charge in [-0.15, -0.1) is 0 Å². The Kier molecular flexibility index (Phi) is 4.85. The second kappa shape index (κ2) is 7.46. The molecule has 2 aromatic heterocycles. The van der Waals surface area contributed by atoms with Crippen molar-refractivity contribution in [1.29, 1.82) is 0 Å². The average molecular weight is 387 g/mol. The largest absolute Gasteiger partial charge is 0.439 e. The summed E-state index contributed by atoms with van der Waals surface area (Å²) in [5, 5.41) is 0.739. The molecule has 1 saturated heterocycles. The average Bonchev–Trinajstić information content (AvgIpc) is 3.14. The molecule has 1 fully saturated rings. The number of carbonyl (C=O) groups is 1. The normalized spacial score (nSPS) is 16.7.